The van der Waals surface area contributed by atoms with Crippen molar-refractivity contribution in [3.8, 4) is 0 Å². The third kappa shape index (κ3) is 9.29. The summed E-state index contributed by atoms with van der Waals surface area (Å²) in [5.41, 5.74) is 8.74. The third-order valence-electron chi connectivity index (χ3n) is 6.85. The number of benzene rings is 5. The molecule has 8 nitrogen and oxygen atoms in total. The zero-order valence-corrected chi connectivity index (χ0v) is 27.3. The van der Waals surface area contributed by atoms with E-state index in [0.717, 1.165) is 20.5 Å². The predicted molar refractivity (Wildman–Crippen MR) is 190 cm³/mol. The Morgan fingerprint density at radius 2 is 1.23 bits per heavy atom. The molecule has 47 heavy (non-hydrogen) atoms. The van der Waals surface area contributed by atoms with Gasteiger partial charge >= 0.3 is 0 Å². The molecule has 1 atom stereocenters. The molecule has 5 rings (SSSR count). The Hall–Kier alpha value is -5.45. The van der Waals surface area contributed by atoms with Gasteiger partial charge in [0.1, 0.15) is 10.9 Å². The molecule has 0 saturated heterocycles. The summed E-state index contributed by atoms with van der Waals surface area (Å²) < 4.78 is 0.887. The number of amides is 4. The van der Waals surface area contributed by atoms with Crippen molar-refractivity contribution in [3.05, 3.63) is 166 Å². The van der Waals surface area contributed by atoms with E-state index in [0.29, 0.717) is 22.5 Å². The SMILES string of the molecule is NC(=O)c1ccc(NC(=O)C(Sc2ccc(NC(=O)/C(=C/c3ccc(Br)cc3)NC(=O)c3ccccc3)cc2)c2ccccc2)cc1. The normalized spacial score (nSPS) is 11.6. The van der Waals surface area contributed by atoms with Crippen LogP contribution in [-0.4, -0.2) is 23.6 Å². The van der Waals surface area contributed by atoms with Crippen molar-refractivity contribution in [3.63, 3.8) is 0 Å². The zero-order valence-electron chi connectivity index (χ0n) is 24.9. The van der Waals surface area contributed by atoms with Crippen LogP contribution in [0.2, 0.25) is 0 Å². The maximum absolute atomic E-state index is 13.5. The summed E-state index contributed by atoms with van der Waals surface area (Å²) in [6.45, 7) is 0. The Balaban J connectivity index is 1.31. The van der Waals surface area contributed by atoms with Crippen molar-refractivity contribution in [2.75, 3.05) is 10.6 Å². The molecule has 5 N–H and O–H groups in total. The Morgan fingerprint density at radius 1 is 0.660 bits per heavy atom. The summed E-state index contributed by atoms with van der Waals surface area (Å²) in [4.78, 5) is 52.0. The Bertz CT molecular complexity index is 1900. The maximum Gasteiger partial charge on any atom is 0.272 e. The van der Waals surface area contributed by atoms with Crippen LogP contribution in [0.4, 0.5) is 11.4 Å². The lowest BCUT2D eigenvalue weighted by atomic mass is 10.1. The number of carbonyl (C=O) groups excluding carboxylic acids is 4. The summed E-state index contributed by atoms with van der Waals surface area (Å²) in [6, 6.07) is 38.8. The fourth-order valence-corrected chi connectivity index (χ4v) is 5.73. The number of halogens is 1. The van der Waals surface area contributed by atoms with Gasteiger partial charge in [0.2, 0.25) is 11.8 Å². The van der Waals surface area contributed by atoms with Crippen LogP contribution in [0.3, 0.4) is 0 Å². The largest absolute Gasteiger partial charge is 0.366 e. The number of nitrogens with one attached hydrogen (secondary N) is 3. The van der Waals surface area contributed by atoms with Crippen LogP contribution >= 0.6 is 27.7 Å². The van der Waals surface area contributed by atoms with Gasteiger partial charge in [0.05, 0.1) is 0 Å². The van der Waals surface area contributed by atoms with Crippen LogP contribution in [0.1, 0.15) is 37.1 Å². The van der Waals surface area contributed by atoms with Crippen LogP contribution in [0.5, 0.6) is 0 Å². The number of hydrogen-bond donors (Lipinski definition) is 4. The van der Waals surface area contributed by atoms with Crippen molar-refractivity contribution in [2.45, 2.75) is 10.1 Å². The van der Waals surface area contributed by atoms with Gasteiger partial charge in [0.25, 0.3) is 11.8 Å². The van der Waals surface area contributed by atoms with Crippen LogP contribution in [0.15, 0.2) is 149 Å². The number of rotatable bonds is 11. The van der Waals surface area contributed by atoms with E-state index in [1.54, 1.807) is 66.7 Å². The van der Waals surface area contributed by atoms with E-state index in [1.807, 2.05) is 72.8 Å². The molecule has 5 aromatic carbocycles. The minimum atomic E-state index is -0.596. The zero-order chi connectivity index (χ0) is 33.2. The molecule has 234 valence electrons. The van der Waals surface area contributed by atoms with Gasteiger partial charge in [-0.15, -0.1) is 11.8 Å². The minimum Gasteiger partial charge on any atom is -0.366 e. The molecule has 0 aliphatic heterocycles. The van der Waals surface area contributed by atoms with Gasteiger partial charge in [0, 0.05) is 31.9 Å². The second-order valence-corrected chi connectivity index (χ2v) is 12.3. The molecule has 1 unspecified atom stereocenters. The number of anilines is 2. The second kappa shape index (κ2) is 15.7. The van der Waals surface area contributed by atoms with Gasteiger partial charge in [-0.1, -0.05) is 76.6 Å². The van der Waals surface area contributed by atoms with Crippen molar-refractivity contribution in [1.29, 1.82) is 0 Å². The lowest BCUT2D eigenvalue weighted by molar-refractivity contribution is -0.116. The summed E-state index contributed by atoms with van der Waals surface area (Å²) in [6.07, 6.45) is 1.61. The molecule has 0 aliphatic rings. The van der Waals surface area contributed by atoms with Crippen LogP contribution in [0.25, 0.3) is 6.08 Å². The first-order valence-electron chi connectivity index (χ1n) is 14.4. The lowest BCUT2D eigenvalue weighted by Gasteiger charge is -2.18. The van der Waals surface area contributed by atoms with Crippen LogP contribution in [-0.2, 0) is 9.59 Å². The fourth-order valence-electron chi connectivity index (χ4n) is 4.45. The van der Waals surface area contributed by atoms with Gasteiger partial charge in [-0.25, -0.2) is 0 Å². The summed E-state index contributed by atoms with van der Waals surface area (Å²) in [5.74, 6) is -1.71. The number of primary amides is 1. The molecule has 10 heteroatoms. The molecular weight excluding hydrogens is 676 g/mol. The molecule has 0 bridgehead atoms. The molecule has 5 aromatic rings. The smallest absolute Gasteiger partial charge is 0.272 e. The second-order valence-electron chi connectivity index (χ2n) is 10.2. The molecule has 0 aromatic heterocycles. The topological polar surface area (TPSA) is 130 Å². The monoisotopic (exact) mass is 704 g/mol. The highest BCUT2D eigenvalue weighted by Crippen LogP contribution is 2.37. The van der Waals surface area contributed by atoms with E-state index in [2.05, 4.69) is 31.9 Å². The van der Waals surface area contributed by atoms with Gasteiger partial charge in [-0.05, 0) is 90.0 Å². The summed E-state index contributed by atoms with van der Waals surface area (Å²) in [7, 11) is 0. The molecule has 0 radical (unpaired) electrons. The van der Waals surface area contributed by atoms with E-state index in [-0.39, 0.29) is 11.6 Å². The van der Waals surface area contributed by atoms with Gasteiger partial charge in [0.15, 0.2) is 0 Å². The highest BCUT2D eigenvalue weighted by atomic mass is 79.9. The predicted octanol–water partition coefficient (Wildman–Crippen LogP) is 7.43. The van der Waals surface area contributed by atoms with Crippen molar-refractivity contribution >= 4 is 68.8 Å². The van der Waals surface area contributed by atoms with Crippen molar-refractivity contribution < 1.29 is 19.2 Å². The van der Waals surface area contributed by atoms with Crippen LogP contribution < -0.4 is 21.7 Å². The number of nitrogens with two attached hydrogens (primary N) is 1. The number of hydrogen-bond acceptors (Lipinski definition) is 5. The first kappa shape index (κ1) is 32.9. The van der Waals surface area contributed by atoms with E-state index in [4.69, 9.17) is 5.73 Å². The van der Waals surface area contributed by atoms with E-state index < -0.39 is 23.0 Å². The Morgan fingerprint density at radius 3 is 1.85 bits per heavy atom. The number of thioether (sulfide) groups is 1. The minimum absolute atomic E-state index is 0.0734. The van der Waals surface area contributed by atoms with Crippen molar-refractivity contribution in [1.82, 2.24) is 5.32 Å². The standard InChI is InChI=1S/C37H29BrN4O4S/c38-28-15-11-24(12-16-28)23-32(42-35(44)27-9-5-2-6-10-27)36(45)40-30-19-21-31(22-20-30)47-33(25-7-3-1-4-8-25)37(46)41-29-17-13-26(14-18-29)34(39)43/h1-23,33H,(H2,39,43)(H,40,45)(H,41,46)(H,42,44)/b32-23-. The Kier molecular flexibility index (Phi) is 11.0. The molecule has 0 heterocycles. The van der Waals surface area contributed by atoms with E-state index in [9.17, 15) is 19.2 Å². The molecule has 0 fully saturated rings. The van der Waals surface area contributed by atoms with E-state index >= 15 is 0 Å². The molecular formula is C37H29BrN4O4S. The molecule has 0 aliphatic carbocycles. The molecule has 0 spiro atoms. The van der Waals surface area contributed by atoms with Crippen LogP contribution in [0, 0.1) is 0 Å². The number of carbonyl (C=O) groups is 4. The highest BCUT2D eigenvalue weighted by molar-refractivity contribution is 9.10. The third-order valence-corrected chi connectivity index (χ3v) is 8.65. The average molecular weight is 706 g/mol. The molecule has 4 amide bonds. The van der Waals surface area contributed by atoms with Gasteiger partial charge < -0.3 is 21.7 Å². The Labute approximate surface area is 284 Å². The van der Waals surface area contributed by atoms with Gasteiger partial charge in [-0.3, -0.25) is 19.2 Å². The lowest BCUT2D eigenvalue weighted by Crippen LogP contribution is -2.30. The van der Waals surface area contributed by atoms with E-state index in [1.165, 1.54) is 11.8 Å². The molecule has 0 saturated carbocycles. The quantitative estimate of drug-likeness (QED) is 0.0839. The maximum atomic E-state index is 13.5. The summed E-state index contributed by atoms with van der Waals surface area (Å²) >= 11 is 4.76. The fraction of sp³-hybridized carbons (Fsp3) is 0.0270. The highest BCUT2D eigenvalue weighted by Gasteiger charge is 2.23. The van der Waals surface area contributed by atoms with Gasteiger partial charge in [-0.2, -0.15) is 0 Å². The first-order chi connectivity index (χ1) is 22.7. The first-order valence-corrected chi connectivity index (χ1v) is 16.1. The van der Waals surface area contributed by atoms with Crippen molar-refractivity contribution in [2.24, 2.45) is 5.73 Å². The average Bonchev–Trinajstić information content (AvgIpc) is 3.09. The summed E-state index contributed by atoms with van der Waals surface area (Å²) in [5, 5.41) is 7.92.